The summed E-state index contributed by atoms with van der Waals surface area (Å²) in [7, 11) is 0. The van der Waals surface area contributed by atoms with Gasteiger partial charge in [0.2, 0.25) is 0 Å². The zero-order valence-electron chi connectivity index (χ0n) is 16.4. The van der Waals surface area contributed by atoms with E-state index >= 15 is 0 Å². The molecule has 0 fully saturated rings. The van der Waals surface area contributed by atoms with Crippen LogP contribution in [-0.2, 0) is 11.2 Å². The summed E-state index contributed by atoms with van der Waals surface area (Å²) in [5.41, 5.74) is 3.33. The summed E-state index contributed by atoms with van der Waals surface area (Å²) in [4.78, 5) is 12.1. The van der Waals surface area contributed by atoms with Crippen LogP contribution in [0.1, 0.15) is 67.9 Å². The van der Waals surface area contributed by atoms with Crippen LogP contribution < -0.4 is 5.32 Å². The number of hydrogen-bond donors (Lipinski definition) is 2. The van der Waals surface area contributed by atoms with E-state index < -0.39 is 5.97 Å². The van der Waals surface area contributed by atoms with Crippen molar-refractivity contribution in [3.05, 3.63) is 57.8 Å². The summed E-state index contributed by atoms with van der Waals surface area (Å²) >= 11 is 1.82. The van der Waals surface area contributed by atoms with Crippen LogP contribution in [0, 0.1) is 0 Å². The standard InChI is InChI=1S/C23H31NO2S/c1-3-5-8-19(7-4-2)21-14-16-27-22(21)9-6-15-24-20-12-10-18(11-13-20)17-23(25)26/h6,9-14,16,19,24H,3-5,7-8,15,17H2,1-2H3,(H,25,26). The van der Waals surface area contributed by atoms with Crippen LogP contribution in [0.4, 0.5) is 5.69 Å². The second-order valence-electron chi connectivity index (χ2n) is 6.92. The molecule has 27 heavy (non-hydrogen) atoms. The molecule has 0 spiro atoms. The van der Waals surface area contributed by atoms with Gasteiger partial charge < -0.3 is 10.4 Å². The lowest BCUT2D eigenvalue weighted by atomic mass is 9.90. The fourth-order valence-corrected chi connectivity index (χ4v) is 4.22. The summed E-state index contributed by atoms with van der Waals surface area (Å²) in [6, 6.07) is 9.89. The summed E-state index contributed by atoms with van der Waals surface area (Å²) in [6.45, 7) is 5.28. The zero-order chi connectivity index (χ0) is 19.5. The normalized spacial score (nSPS) is 12.4. The molecule has 0 aliphatic carbocycles. The smallest absolute Gasteiger partial charge is 0.307 e. The quantitative estimate of drug-likeness (QED) is 0.434. The van der Waals surface area contributed by atoms with Crippen molar-refractivity contribution in [2.45, 2.75) is 58.3 Å². The monoisotopic (exact) mass is 385 g/mol. The summed E-state index contributed by atoms with van der Waals surface area (Å²) in [6.07, 6.45) is 10.8. The number of anilines is 1. The number of nitrogens with one attached hydrogen (secondary N) is 1. The maximum atomic E-state index is 10.7. The van der Waals surface area contributed by atoms with E-state index in [1.165, 1.54) is 42.5 Å². The predicted molar refractivity (Wildman–Crippen MR) is 117 cm³/mol. The van der Waals surface area contributed by atoms with E-state index in [1.54, 1.807) is 0 Å². The van der Waals surface area contributed by atoms with E-state index in [1.807, 2.05) is 35.6 Å². The maximum Gasteiger partial charge on any atom is 0.307 e. The first-order valence-corrected chi connectivity index (χ1v) is 10.8. The molecule has 0 radical (unpaired) electrons. The van der Waals surface area contributed by atoms with Gasteiger partial charge in [-0.3, -0.25) is 4.79 Å². The number of unbranched alkanes of at least 4 members (excludes halogenated alkanes) is 1. The molecule has 1 unspecified atom stereocenters. The van der Waals surface area contributed by atoms with Gasteiger partial charge in [0.15, 0.2) is 0 Å². The van der Waals surface area contributed by atoms with Gasteiger partial charge in [0.25, 0.3) is 0 Å². The van der Waals surface area contributed by atoms with Gasteiger partial charge in [0.05, 0.1) is 6.42 Å². The fraction of sp³-hybridized carbons (Fsp3) is 0.435. The highest BCUT2D eigenvalue weighted by Gasteiger charge is 2.14. The Hall–Kier alpha value is -2.07. The summed E-state index contributed by atoms with van der Waals surface area (Å²) in [5.74, 6) is -0.124. The van der Waals surface area contributed by atoms with Crippen molar-refractivity contribution >= 4 is 29.1 Å². The lowest BCUT2D eigenvalue weighted by Crippen LogP contribution is -2.01. The topological polar surface area (TPSA) is 49.3 Å². The molecule has 0 aliphatic heterocycles. The molecule has 0 amide bonds. The summed E-state index contributed by atoms with van der Waals surface area (Å²) in [5, 5.41) is 14.4. The Bertz CT molecular complexity index is 718. The van der Waals surface area contributed by atoms with E-state index in [4.69, 9.17) is 5.11 Å². The van der Waals surface area contributed by atoms with Gasteiger partial charge in [-0.15, -0.1) is 11.3 Å². The third-order valence-electron chi connectivity index (χ3n) is 4.71. The third-order valence-corrected chi connectivity index (χ3v) is 5.61. The van der Waals surface area contributed by atoms with Crippen molar-refractivity contribution in [2.75, 3.05) is 11.9 Å². The van der Waals surface area contributed by atoms with Crippen molar-refractivity contribution < 1.29 is 9.90 Å². The number of aliphatic carboxylic acids is 1. The minimum absolute atomic E-state index is 0.0678. The Labute approximate surface area is 167 Å². The van der Waals surface area contributed by atoms with Gasteiger partial charge >= 0.3 is 5.97 Å². The first-order chi connectivity index (χ1) is 13.1. The van der Waals surface area contributed by atoms with Crippen molar-refractivity contribution in [1.82, 2.24) is 0 Å². The fourth-order valence-electron chi connectivity index (χ4n) is 3.32. The second kappa shape index (κ2) is 11.6. The van der Waals surface area contributed by atoms with E-state index in [0.29, 0.717) is 5.92 Å². The lowest BCUT2D eigenvalue weighted by Gasteiger charge is -2.16. The van der Waals surface area contributed by atoms with Crippen molar-refractivity contribution in [3.8, 4) is 0 Å². The highest BCUT2D eigenvalue weighted by molar-refractivity contribution is 7.11. The molecule has 0 bridgehead atoms. The molecule has 2 aromatic rings. The number of rotatable bonds is 12. The number of carbonyl (C=O) groups is 1. The van der Waals surface area contributed by atoms with Crippen LogP contribution in [0.2, 0.25) is 0 Å². The van der Waals surface area contributed by atoms with E-state index in [2.05, 4.69) is 42.8 Å². The first kappa shape index (κ1) is 21.2. The van der Waals surface area contributed by atoms with Crippen molar-refractivity contribution in [3.63, 3.8) is 0 Å². The van der Waals surface area contributed by atoms with Gasteiger partial charge in [-0.2, -0.15) is 0 Å². The van der Waals surface area contributed by atoms with Gasteiger partial charge in [0.1, 0.15) is 0 Å². The van der Waals surface area contributed by atoms with Gasteiger partial charge in [-0.05, 0) is 59.5 Å². The molecule has 2 N–H and O–H groups in total. The molecule has 1 heterocycles. The molecule has 1 aromatic heterocycles. The first-order valence-electron chi connectivity index (χ1n) is 9.92. The van der Waals surface area contributed by atoms with Crippen LogP contribution in [0.25, 0.3) is 6.08 Å². The van der Waals surface area contributed by atoms with Crippen molar-refractivity contribution in [2.24, 2.45) is 0 Å². The van der Waals surface area contributed by atoms with E-state index in [-0.39, 0.29) is 6.42 Å². The predicted octanol–water partition coefficient (Wildman–Crippen LogP) is 6.57. The number of carboxylic acids is 1. The Morgan fingerprint density at radius 1 is 1.15 bits per heavy atom. The molecular formula is C23H31NO2S. The molecule has 3 nitrogen and oxygen atoms in total. The molecule has 0 saturated heterocycles. The van der Waals surface area contributed by atoms with Gasteiger partial charge in [-0.1, -0.05) is 51.3 Å². The van der Waals surface area contributed by atoms with Crippen LogP contribution in [0.3, 0.4) is 0 Å². The van der Waals surface area contributed by atoms with Crippen LogP contribution in [0.5, 0.6) is 0 Å². The number of benzene rings is 1. The highest BCUT2D eigenvalue weighted by Crippen LogP contribution is 2.33. The Morgan fingerprint density at radius 3 is 2.59 bits per heavy atom. The number of thiophene rings is 1. The molecule has 1 aromatic carbocycles. The SMILES string of the molecule is CCCCC(CCC)c1ccsc1C=CCNc1ccc(CC(=O)O)cc1. The lowest BCUT2D eigenvalue weighted by molar-refractivity contribution is -0.136. The molecule has 4 heteroatoms. The Kier molecular flexibility index (Phi) is 9.12. The second-order valence-corrected chi connectivity index (χ2v) is 7.87. The van der Waals surface area contributed by atoms with Crippen LogP contribution in [0.15, 0.2) is 41.8 Å². The minimum atomic E-state index is -0.800. The Balaban J connectivity index is 1.91. The minimum Gasteiger partial charge on any atom is -0.481 e. The largest absolute Gasteiger partial charge is 0.481 e. The summed E-state index contributed by atoms with van der Waals surface area (Å²) < 4.78 is 0. The molecule has 0 saturated carbocycles. The van der Waals surface area contributed by atoms with Crippen LogP contribution >= 0.6 is 11.3 Å². The van der Waals surface area contributed by atoms with Gasteiger partial charge in [0, 0.05) is 17.1 Å². The zero-order valence-corrected chi connectivity index (χ0v) is 17.2. The molecule has 2 rings (SSSR count). The van der Waals surface area contributed by atoms with Crippen molar-refractivity contribution in [1.29, 1.82) is 0 Å². The number of carboxylic acid groups (broad SMARTS) is 1. The molecule has 0 aliphatic rings. The van der Waals surface area contributed by atoms with E-state index in [9.17, 15) is 4.79 Å². The highest BCUT2D eigenvalue weighted by atomic mass is 32.1. The molecule has 1 atom stereocenters. The van der Waals surface area contributed by atoms with Crippen LogP contribution in [-0.4, -0.2) is 17.6 Å². The van der Waals surface area contributed by atoms with Gasteiger partial charge in [-0.25, -0.2) is 0 Å². The molecule has 146 valence electrons. The number of hydrogen-bond acceptors (Lipinski definition) is 3. The van der Waals surface area contributed by atoms with E-state index in [0.717, 1.165) is 17.8 Å². The Morgan fingerprint density at radius 2 is 1.93 bits per heavy atom. The third kappa shape index (κ3) is 7.22. The average molecular weight is 386 g/mol. The maximum absolute atomic E-state index is 10.7. The molecular weight excluding hydrogens is 354 g/mol. The average Bonchev–Trinajstić information content (AvgIpc) is 3.11.